The zero-order valence-corrected chi connectivity index (χ0v) is 13.9. The number of phenolic OH excluding ortho intramolecular Hbond substituents is 1. The maximum absolute atomic E-state index is 9.90. The number of aliphatic imine (C=N–C) groups is 1. The Kier molecular flexibility index (Phi) is 7.96. The Morgan fingerprint density at radius 1 is 1.14 bits per heavy atom. The number of phenols is 1. The molecule has 0 radical (unpaired) electrons. The number of ether oxygens (including phenoxy) is 2. The molecule has 22 heavy (non-hydrogen) atoms. The fraction of sp³-hybridized carbons (Fsp3) is 0.562. The standard InChI is InChI=1S/C16H27N3O3/c1-5-6-7-8-18-16(17-2)19-11-12-9-13(21-3)15(20)14(10-12)22-4/h9-10,20H,5-8,11H2,1-4H3,(H2,17,18,19). The lowest BCUT2D eigenvalue weighted by Gasteiger charge is -2.14. The van der Waals surface area contributed by atoms with Gasteiger partial charge < -0.3 is 25.2 Å². The highest BCUT2D eigenvalue weighted by Gasteiger charge is 2.11. The topological polar surface area (TPSA) is 75.1 Å². The monoisotopic (exact) mass is 309 g/mol. The molecule has 1 rings (SSSR count). The van der Waals surface area contributed by atoms with Crippen LogP contribution >= 0.6 is 0 Å². The molecule has 0 heterocycles. The van der Waals surface area contributed by atoms with Crippen molar-refractivity contribution in [2.75, 3.05) is 27.8 Å². The molecular weight excluding hydrogens is 282 g/mol. The Morgan fingerprint density at radius 3 is 2.27 bits per heavy atom. The van der Waals surface area contributed by atoms with Crippen molar-refractivity contribution in [3.8, 4) is 17.2 Å². The molecule has 0 unspecified atom stereocenters. The van der Waals surface area contributed by atoms with E-state index < -0.39 is 0 Å². The molecule has 0 aliphatic rings. The second-order valence-electron chi connectivity index (χ2n) is 4.91. The first-order valence-corrected chi connectivity index (χ1v) is 7.54. The minimum Gasteiger partial charge on any atom is -0.502 e. The van der Waals surface area contributed by atoms with Crippen LogP contribution in [0.25, 0.3) is 0 Å². The van der Waals surface area contributed by atoms with E-state index in [1.165, 1.54) is 27.1 Å². The predicted molar refractivity (Wildman–Crippen MR) is 88.9 cm³/mol. The Morgan fingerprint density at radius 2 is 1.77 bits per heavy atom. The van der Waals surface area contributed by atoms with Crippen molar-refractivity contribution in [1.82, 2.24) is 10.6 Å². The summed E-state index contributed by atoms with van der Waals surface area (Å²) in [5.41, 5.74) is 0.933. The third-order valence-corrected chi connectivity index (χ3v) is 3.30. The van der Waals surface area contributed by atoms with Crippen molar-refractivity contribution in [2.24, 2.45) is 4.99 Å². The summed E-state index contributed by atoms with van der Waals surface area (Å²) in [7, 11) is 4.77. The van der Waals surface area contributed by atoms with Crippen LogP contribution in [0.2, 0.25) is 0 Å². The van der Waals surface area contributed by atoms with Crippen molar-refractivity contribution < 1.29 is 14.6 Å². The molecule has 6 nitrogen and oxygen atoms in total. The lowest BCUT2D eigenvalue weighted by atomic mass is 10.2. The van der Waals surface area contributed by atoms with Gasteiger partial charge in [-0.3, -0.25) is 4.99 Å². The van der Waals surface area contributed by atoms with Gasteiger partial charge in [0.05, 0.1) is 14.2 Å². The Hall–Kier alpha value is -2.11. The van der Waals surface area contributed by atoms with Gasteiger partial charge in [-0.25, -0.2) is 0 Å². The second-order valence-corrected chi connectivity index (χ2v) is 4.91. The summed E-state index contributed by atoms with van der Waals surface area (Å²) in [5, 5.41) is 16.4. The molecular formula is C16H27N3O3. The molecule has 0 spiro atoms. The number of benzene rings is 1. The van der Waals surface area contributed by atoms with Crippen LogP contribution in [0.1, 0.15) is 31.7 Å². The minimum atomic E-state index is 0.0100. The van der Waals surface area contributed by atoms with Gasteiger partial charge in [-0.1, -0.05) is 19.8 Å². The summed E-state index contributed by atoms with van der Waals surface area (Å²) in [5.74, 6) is 1.54. The zero-order chi connectivity index (χ0) is 16.4. The molecule has 0 aliphatic heterocycles. The van der Waals surface area contributed by atoms with E-state index in [1.54, 1.807) is 19.2 Å². The second kappa shape index (κ2) is 9.76. The van der Waals surface area contributed by atoms with Crippen LogP contribution in [-0.2, 0) is 6.54 Å². The predicted octanol–water partition coefficient (Wildman–Crippen LogP) is 2.26. The van der Waals surface area contributed by atoms with Crippen LogP contribution in [0.15, 0.2) is 17.1 Å². The maximum atomic E-state index is 9.90. The van der Waals surface area contributed by atoms with E-state index in [4.69, 9.17) is 9.47 Å². The number of hydrogen-bond acceptors (Lipinski definition) is 4. The Balaban J connectivity index is 2.62. The van der Waals surface area contributed by atoms with Gasteiger partial charge in [0, 0.05) is 20.1 Å². The fourth-order valence-corrected chi connectivity index (χ4v) is 2.04. The summed E-state index contributed by atoms with van der Waals surface area (Å²) < 4.78 is 10.3. The molecule has 124 valence electrons. The largest absolute Gasteiger partial charge is 0.502 e. The molecule has 0 fully saturated rings. The number of unbranched alkanes of at least 4 members (excludes halogenated alkanes) is 2. The summed E-state index contributed by atoms with van der Waals surface area (Å²) in [4.78, 5) is 4.19. The van der Waals surface area contributed by atoms with E-state index in [0.29, 0.717) is 18.0 Å². The number of guanidine groups is 1. The number of hydrogen-bond donors (Lipinski definition) is 3. The fourth-order valence-electron chi connectivity index (χ4n) is 2.04. The van der Waals surface area contributed by atoms with Crippen LogP contribution < -0.4 is 20.1 Å². The summed E-state index contributed by atoms with van der Waals surface area (Å²) in [6, 6.07) is 3.55. The van der Waals surface area contributed by atoms with Crippen LogP contribution in [0.3, 0.4) is 0 Å². The van der Waals surface area contributed by atoms with Gasteiger partial charge in [0.1, 0.15) is 0 Å². The molecule has 0 aliphatic carbocycles. The van der Waals surface area contributed by atoms with E-state index in [-0.39, 0.29) is 5.75 Å². The van der Waals surface area contributed by atoms with E-state index >= 15 is 0 Å². The first kappa shape index (κ1) is 17.9. The molecule has 0 saturated heterocycles. The van der Waals surface area contributed by atoms with Crippen molar-refractivity contribution in [3.05, 3.63) is 17.7 Å². The van der Waals surface area contributed by atoms with Crippen molar-refractivity contribution >= 4 is 5.96 Å². The highest BCUT2D eigenvalue weighted by atomic mass is 16.5. The average Bonchev–Trinajstić information content (AvgIpc) is 2.55. The van der Waals surface area contributed by atoms with E-state index in [0.717, 1.165) is 24.5 Å². The number of rotatable bonds is 8. The van der Waals surface area contributed by atoms with Gasteiger partial charge >= 0.3 is 0 Å². The quantitative estimate of drug-likeness (QED) is 0.390. The van der Waals surface area contributed by atoms with Crippen LogP contribution in [0.5, 0.6) is 17.2 Å². The van der Waals surface area contributed by atoms with E-state index in [9.17, 15) is 5.11 Å². The summed E-state index contributed by atoms with van der Waals surface area (Å²) >= 11 is 0. The number of nitrogens with one attached hydrogen (secondary N) is 2. The highest BCUT2D eigenvalue weighted by Crippen LogP contribution is 2.36. The Labute approximate surface area is 132 Å². The number of nitrogens with zero attached hydrogens (tertiary/aromatic N) is 1. The van der Waals surface area contributed by atoms with Crippen molar-refractivity contribution in [3.63, 3.8) is 0 Å². The third kappa shape index (κ3) is 5.35. The van der Waals surface area contributed by atoms with Crippen molar-refractivity contribution in [2.45, 2.75) is 32.7 Å². The molecule has 1 aromatic carbocycles. The lowest BCUT2D eigenvalue weighted by Crippen LogP contribution is -2.37. The molecule has 0 atom stereocenters. The van der Waals surface area contributed by atoms with Gasteiger partial charge in [-0.05, 0) is 24.1 Å². The maximum Gasteiger partial charge on any atom is 0.200 e. The number of methoxy groups -OCH3 is 2. The van der Waals surface area contributed by atoms with Gasteiger partial charge in [0.15, 0.2) is 17.5 Å². The zero-order valence-electron chi connectivity index (χ0n) is 13.9. The number of aromatic hydroxyl groups is 1. The van der Waals surface area contributed by atoms with Crippen molar-refractivity contribution in [1.29, 1.82) is 0 Å². The summed E-state index contributed by atoms with van der Waals surface area (Å²) in [6.07, 6.45) is 3.52. The highest BCUT2D eigenvalue weighted by molar-refractivity contribution is 5.79. The van der Waals surface area contributed by atoms with Gasteiger partial charge in [0.2, 0.25) is 5.75 Å². The molecule has 6 heteroatoms. The first-order valence-electron chi connectivity index (χ1n) is 7.54. The van der Waals surface area contributed by atoms with Gasteiger partial charge in [-0.2, -0.15) is 0 Å². The van der Waals surface area contributed by atoms with Gasteiger partial charge in [-0.15, -0.1) is 0 Å². The molecule has 0 bridgehead atoms. The molecule has 0 saturated carbocycles. The first-order chi connectivity index (χ1) is 10.7. The Bertz CT molecular complexity index is 465. The third-order valence-electron chi connectivity index (χ3n) is 3.30. The lowest BCUT2D eigenvalue weighted by molar-refractivity contribution is 0.339. The SMILES string of the molecule is CCCCCNC(=NC)NCc1cc(OC)c(O)c(OC)c1. The summed E-state index contributed by atoms with van der Waals surface area (Å²) in [6.45, 7) is 3.63. The van der Waals surface area contributed by atoms with Crippen LogP contribution in [-0.4, -0.2) is 38.9 Å². The smallest absolute Gasteiger partial charge is 0.200 e. The van der Waals surface area contributed by atoms with Gasteiger partial charge in [0.25, 0.3) is 0 Å². The normalized spacial score (nSPS) is 11.2. The van der Waals surface area contributed by atoms with Crippen LogP contribution in [0.4, 0.5) is 0 Å². The minimum absolute atomic E-state index is 0.0100. The molecule has 3 N–H and O–H groups in total. The molecule has 0 amide bonds. The average molecular weight is 309 g/mol. The molecule has 0 aromatic heterocycles. The van der Waals surface area contributed by atoms with E-state index in [2.05, 4.69) is 22.5 Å². The van der Waals surface area contributed by atoms with E-state index in [1.807, 2.05) is 0 Å². The molecule has 1 aromatic rings. The van der Waals surface area contributed by atoms with Crippen LogP contribution in [0, 0.1) is 0 Å².